The van der Waals surface area contributed by atoms with Crippen molar-refractivity contribution in [1.82, 2.24) is 14.9 Å². The van der Waals surface area contributed by atoms with Gasteiger partial charge in [0.2, 0.25) is 5.95 Å². The van der Waals surface area contributed by atoms with Gasteiger partial charge in [0, 0.05) is 36.0 Å². The van der Waals surface area contributed by atoms with Crippen LogP contribution >= 0.6 is 27.5 Å². The van der Waals surface area contributed by atoms with Gasteiger partial charge in [-0.2, -0.15) is 4.98 Å². The van der Waals surface area contributed by atoms with Crippen LogP contribution in [0.4, 0.5) is 21.0 Å². The highest BCUT2D eigenvalue weighted by Crippen LogP contribution is 2.33. The first kappa shape index (κ1) is 21.8. The van der Waals surface area contributed by atoms with E-state index in [1.54, 1.807) is 12.1 Å². The zero-order chi connectivity index (χ0) is 21.3. The summed E-state index contributed by atoms with van der Waals surface area (Å²) in [6.07, 6.45) is -2.46. The number of hydrogen-bond donors (Lipinski definition) is 3. The number of anilines is 2. The zero-order valence-corrected chi connectivity index (χ0v) is 18.3. The molecule has 158 valence electrons. The third kappa shape index (κ3) is 4.99. The van der Waals surface area contributed by atoms with E-state index < -0.39 is 17.9 Å². The minimum absolute atomic E-state index is 0.157. The fraction of sp³-hybridized carbons (Fsp3) is 0.500. The van der Waals surface area contributed by atoms with Crippen LogP contribution in [0.25, 0.3) is 10.9 Å². The van der Waals surface area contributed by atoms with Gasteiger partial charge in [-0.25, -0.2) is 14.2 Å². The average Bonchev–Trinajstić information content (AvgIpc) is 2.66. The van der Waals surface area contributed by atoms with Crippen molar-refractivity contribution in [2.75, 3.05) is 42.9 Å². The molecule has 2 aromatic rings. The van der Waals surface area contributed by atoms with E-state index in [4.69, 9.17) is 16.7 Å². The number of benzene rings is 1. The molecule has 8 nitrogen and oxygen atoms in total. The molecule has 1 amide bonds. The molecule has 0 unspecified atom stereocenters. The van der Waals surface area contributed by atoms with Crippen LogP contribution in [0.1, 0.15) is 13.8 Å². The molecule has 1 fully saturated rings. The fourth-order valence-corrected chi connectivity index (χ4v) is 3.46. The maximum Gasteiger partial charge on any atom is 0.407 e. The van der Waals surface area contributed by atoms with E-state index in [1.807, 2.05) is 4.90 Å². The van der Waals surface area contributed by atoms with Crippen molar-refractivity contribution in [2.24, 2.45) is 0 Å². The molecule has 1 atom stereocenters. The number of aliphatic hydroxyl groups is 1. The number of halogens is 3. The Morgan fingerprint density at radius 2 is 2.00 bits per heavy atom. The maximum absolute atomic E-state index is 14.1. The Morgan fingerprint density at radius 3 is 2.59 bits per heavy atom. The second-order valence-electron chi connectivity index (χ2n) is 7.41. The van der Waals surface area contributed by atoms with Gasteiger partial charge in [-0.3, -0.25) is 0 Å². The van der Waals surface area contributed by atoms with Crippen LogP contribution in [0.2, 0.25) is 5.02 Å². The minimum atomic E-state index is -1.51. The van der Waals surface area contributed by atoms with Gasteiger partial charge in [-0.1, -0.05) is 11.6 Å². The monoisotopic (exact) mass is 489 g/mol. The third-order valence-electron chi connectivity index (χ3n) is 4.77. The first-order valence-electron chi connectivity index (χ1n) is 9.06. The number of rotatable bonds is 5. The lowest BCUT2D eigenvalue weighted by Crippen LogP contribution is -2.48. The molecule has 1 saturated heterocycles. The number of hydrogen-bond acceptors (Lipinski definition) is 6. The molecular formula is C18H22BrClFN5O3. The van der Waals surface area contributed by atoms with Crippen LogP contribution in [0.5, 0.6) is 0 Å². The number of aromatic nitrogens is 2. The van der Waals surface area contributed by atoms with Crippen molar-refractivity contribution in [1.29, 1.82) is 0 Å². The molecule has 29 heavy (non-hydrogen) atoms. The van der Waals surface area contributed by atoms with Gasteiger partial charge >= 0.3 is 6.09 Å². The number of alkyl halides is 1. The Hall–Kier alpha value is -1.91. The summed E-state index contributed by atoms with van der Waals surface area (Å²) in [6, 6.07) is 3.50. The Kier molecular flexibility index (Phi) is 6.35. The molecule has 1 aromatic carbocycles. The van der Waals surface area contributed by atoms with E-state index in [9.17, 15) is 14.3 Å². The predicted molar refractivity (Wildman–Crippen MR) is 114 cm³/mol. The Balaban J connectivity index is 1.94. The number of nitrogens with one attached hydrogen (secondary N) is 1. The largest absolute Gasteiger partial charge is 0.465 e. The molecule has 0 radical (unpaired) electrons. The number of carboxylic acid groups (broad SMARTS) is 1. The zero-order valence-electron chi connectivity index (χ0n) is 16.0. The average molecular weight is 491 g/mol. The molecule has 1 aliphatic rings. The summed E-state index contributed by atoms with van der Waals surface area (Å²) in [4.78, 5) is 23.5. The van der Waals surface area contributed by atoms with Crippen LogP contribution in [-0.4, -0.2) is 75.7 Å². The van der Waals surface area contributed by atoms with E-state index in [-0.39, 0.29) is 12.5 Å². The van der Waals surface area contributed by atoms with Crippen molar-refractivity contribution >= 4 is 56.3 Å². The third-order valence-corrected chi connectivity index (χ3v) is 5.97. The van der Waals surface area contributed by atoms with Crippen LogP contribution < -0.4 is 10.2 Å². The van der Waals surface area contributed by atoms with Gasteiger partial charge in [0.15, 0.2) is 0 Å². The molecule has 1 aromatic heterocycles. The maximum atomic E-state index is 14.1. The first-order chi connectivity index (χ1) is 13.6. The van der Waals surface area contributed by atoms with Crippen molar-refractivity contribution < 1.29 is 19.4 Å². The van der Waals surface area contributed by atoms with E-state index in [1.165, 1.54) is 18.7 Å². The van der Waals surface area contributed by atoms with E-state index in [0.29, 0.717) is 52.4 Å². The smallest absolute Gasteiger partial charge is 0.407 e. The predicted octanol–water partition coefficient (Wildman–Crippen LogP) is 3.37. The summed E-state index contributed by atoms with van der Waals surface area (Å²) in [5.41, 5.74) is -0.885. The molecule has 3 N–H and O–H groups in total. The molecule has 0 aliphatic carbocycles. The summed E-state index contributed by atoms with van der Waals surface area (Å²) in [5, 5.41) is 23.0. The minimum Gasteiger partial charge on any atom is -0.465 e. The lowest BCUT2D eigenvalue weighted by atomic mass is 10.0. The quantitative estimate of drug-likeness (QED) is 0.591. The van der Waals surface area contributed by atoms with Gasteiger partial charge < -0.3 is 25.3 Å². The molecular weight excluding hydrogens is 469 g/mol. The summed E-state index contributed by atoms with van der Waals surface area (Å²) >= 11 is 9.64. The second-order valence-corrected chi connectivity index (χ2v) is 8.67. The van der Waals surface area contributed by atoms with E-state index in [0.717, 1.165) is 0 Å². The van der Waals surface area contributed by atoms with E-state index >= 15 is 0 Å². The lowest BCUT2D eigenvalue weighted by Gasteiger charge is -2.34. The van der Waals surface area contributed by atoms with Crippen LogP contribution in [0.3, 0.4) is 0 Å². The normalized spacial score (nSPS) is 16.2. The number of amides is 1. The molecule has 11 heteroatoms. The Bertz CT molecular complexity index is 918. The van der Waals surface area contributed by atoms with Gasteiger partial charge in [-0.05, 0) is 41.9 Å². The summed E-state index contributed by atoms with van der Waals surface area (Å²) in [6.45, 7) is 4.25. The van der Waals surface area contributed by atoms with E-state index in [2.05, 4.69) is 31.2 Å². The number of fused-ring (bicyclic) bond motifs is 1. The highest BCUT2D eigenvalue weighted by molar-refractivity contribution is 9.10. The number of carbonyl (C=O) groups is 1. The van der Waals surface area contributed by atoms with Crippen molar-refractivity contribution in [3.63, 3.8) is 0 Å². The second kappa shape index (κ2) is 8.45. The Morgan fingerprint density at radius 1 is 1.34 bits per heavy atom. The molecule has 2 heterocycles. The van der Waals surface area contributed by atoms with Crippen molar-refractivity contribution in [3.8, 4) is 0 Å². The summed E-state index contributed by atoms with van der Waals surface area (Å²) in [5.74, 6) is 0.810. The summed E-state index contributed by atoms with van der Waals surface area (Å²) < 4.78 is 14.8. The van der Waals surface area contributed by atoms with Crippen molar-refractivity contribution in [2.45, 2.75) is 25.6 Å². The molecule has 0 bridgehead atoms. The van der Waals surface area contributed by atoms with Crippen LogP contribution in [0.15, 0.2) is 16.6 Å². The highest BCUT2D eigenvalue weighted by atomic mass is 79.9. The molecule has 3 rings (SSSR count). The molecule has 1 aliphatic heterocycles. The topological polar surface area (TPSA) is 102 Å². The van der Waals surface area contributed by atoms with Gasteiger partial charge in [0.05, 0.1) is 22.7 Å². The summed E-state index contributed by atoms with van der Waals surface area (Å²) in [7, 11) is 0. The van der Waals surface area contributed by atoms with Gasteiger partial charge in [-0.15, -0.1) is 0 Å². The van der Waals surface area contributed by atoms with Crippen LogP contribution in [-0.2, 0) is 0 Å². The first-order valence-corrected chi connectivity index (χ1v) is 10.2. The standard InChI is InChI=1S/C18H22BrClFN5O3/c1-18(2,29)14(21)9-22-16-23-13-8-11(19)12(20)7-10(13)15(24-16)25-3-5-26(6-4-25)17(27)28/h7-8,14,29H,3-6,9H2,1-2H3,(H,27,28)(H,22,23,24)/t14-/m1/s1. The van der Waals surface area contributed by atoms with Crippen LogP contribution in [0, 0.1) is 0 Å². The van der Waals surface area contributed by atoms with Gasteiger partial charge in [0.1, 0.15) is 12.0 Å². The Labute approximate surface area is 180 Å². The number of nitrogens with zero attached hydrogens (tertiary/aromatic N) is 4. The lowest BCUT2D eigenvalue weighted by molar-refractivity contribution is 0.00318. The van der Waals surface area contributed by atoms with Gasteiger partial charge in [0.25, 0.3) is 0 Å². The fourth-order valence-electron chi connectivity index (χ4n) is 2.97. The highest BCUT2D eigenvalue weighted by Gasteiger charge is 2.27. The van der Waals surface area contributed by atoms with Crippen molar-refractivity contribution in [3.05, 3.63) is 21.6 Å². The molecule has 0 spiro atoms. The molecule has 0 saturated carbocycles. The number of piperazine rings is 1. The SMILES string of the molecule is CC(C)(O)[C@H](F)CNc1nc(N2CCN(C(=O)O)CC2)c2cc(Cl)c(Br)cc2n1.